The Morgan fingerprint density at radius 3 is 2.40 bits per heavy atom. The Balaban J connectivity index is 1.67. The van der Waals surface area contributed by atoms with E-state index in [9.17, 15) is 4.79 Å². The van der Waals surface area contributed by atoms with Crippen molar-refractivity contribution in [1.82, 2.24) is 4.90 Å². The van der Waals surface area contributed by atoms with E-state index >= 15 is 0 Å². The Morgan fingerprint density at radius 1 is 1.10 bits per heavy atom. The number of benzene rings is 2. The molecule has 1 atom stereocenters. The first-order valence-corrected chi connectivity index (χ1v) is 6.93. The summed E-state index contributed by atoms with van der Waals surface area (Å²) in [7, 11) is 0. The number of anilines is 1. The Kier molecular flexibility index (Phi) is 3.42. The van der Waals surface area contributed by atoms with E-state index in [4.69, 9.17) is 0 Å². The average Bonchev–Trinajstić information content (AvgIpc) is 2.41. The highest BCUT2D eigenvalue weighted by atomic mass is 16.2. The highest BCUT2D eigenvalue weighted by molar-refractivity contribution is 5.90. The molecular formula is C17H18N2O. The molecule has 2 amide bonds. The molecule has 1 heterocycles. The van der Waals surface area contributed by atoms with Crippen LogP contribution in [0.3, 0.4) is 0 Å². The van der Waals surface area contributed by atoms with Gasteiger partial charge in [-0.05, 0) is 31.0 Å². The summed E-state index contributed by atoms with van der Waals surface area (Å²) in [5, 5.41) is 2.96. The van der Waals surface area contributed by atoms with E-state index in [-0.39, 0.29) is 12.1 Å². The van der Waals surface area contributed by atoms with Gasteiger partial charge in [-0.3, -0.25) is 0 Å². The first-order chi connectivity index (χ1) is 9.74. The predicted octanol–water partition coefficient (Wildman–Crippen LogP) is 3.97. The molecule has 0 saturated carbocycles. The molecular weight excluding hydrogens is 248 g/mol. The molecule has 102 valence electrons. The maximum Gasteiger partial charge on any atom is 0.322 e. The van der Waals surface area contributed by atoms with Crippen LogP contribution in [0.25, 0.3) is 0 Å². The lowest BCUT2D eigenvalue weighted by atomic mass is 9.95. The molecule has 1 aliphatic rings. The molecule has 0 radical (unpaired) electrons. The maximum absolute atomic E-state index is 12.3. The van der Waals surface area contributed by atoms with Crippen molar-refractivity contribution in [1.29, 1.82) is 0 Å². The number of nitrogens with zero attached hydrogens (tertiary/aromatic N) is 1. The lowest BCUT2D eigenvalue weighted by Gasteiger charge is -2.41. The molecule has 1 aliphatic heterocycles. The van der Waals surface area contributed by atoms with Crippen molar-refractivity contribution < 1.29 is 4.79 Å². The highest BCUT2D eigenvalue weighted by Gasteiger charge is 2.33. The molecule has 2 aromatic rings. The molecule has 3 heteroatoms. The average molecular weight is 266 g/mol. The number of carbonyl (C=O) groups is 1. The lowest BCUT2D eigenvalue weighted by molar-refractivity contribution is 0.126. The van der Waals surface area contributed by atoms with Crippen LogP contribution in [0.15, 0.2) is 54.6 Å². The van der Waals surface area contributed by atoms with Gasteiger partial charge in [-0.2, -0.15) is 0 Å². The molecule has 0 bridgehead atoms. The number of aryl methyl sites for hydroxylation is 1. The molecule has 0 aliphatic carbocycles. The van der Waals surface area contributed by atoms with E-state index in [1.54, 1.807) is 0 Å². The monoisotopic (exact) mass is 266 g/mol. The number of hydrogen-bond acceptors (Lipinski definition) is 1. The Hall–Kier alpha value is -2.29. The van der Waals surface area contributed by atoms with Crippen molar-refractivity contribution in [2.45, 2.75) is 19.4 Å². The summed E-state index contributed by atoms with van der Waals surface area (Å²) < 4.78 is 0. The number of urea groups is 1. The van der Waals surface area contributed by atoms with Gasteiger partial charge in [0, 0.05) is 12.2 Å². The van der Waals surface area contributed by atoms with Gasteiger partial charge in [-0.15, -0.1) is 0 Å². The molecule has 0 spiro atoms. The summed E-state index contributed by atoms with van der Waals surface area (Å²) in [5.74, 6) is 0. The fourth-order valence-electron chi connectivity index (χ4n) is 2.48. The summed E-state index contributed by atoms with van der Waals surface area (Å²) in [6.45, 7) is 2.85. The van der Waals surface area contributed by atoms with Gasteiger partial charge in [0.1, 0.15) is 0 Å². The van der Waals surface area contributed by atoms with E-state index in [1.807, 2.05) is 54.3 Å². The first kappa shape index (κ1) is 12.7. The summed E-state index contributed by atoms with van der Waals surface area (Å²) in [6, 6.07) is 18.3. The molecule has 3 nitrogen and oxygen atoms in total. The van der Waals surface area contributed by atoms with Gasteiger partial charge in [-0.25, -0.2) is 4.79 Å². The fourth-order valence-corrected chi connectivity index (χ4v) is 2.48. The van der Waals surface area contributed by atoms with Gasteiger partial charge in [0.15, 0.2) is 0 Å². The number of nitrogens with one attached hydrogen (secondary N) is 1. The zero-order valence-electron chi connectivity index (χ0n) is 11.5. The van der Waals surface area contributed by atoms with Crippen molar-refractivity contribution in [2.24, 2.45) is 0 Å². The van der Waals surface area contributed by atoms with Crippen LogP contribution in [0.1, 0.15) is 23.6 Å². The third-order valence-electron chi connectivity index (χ3n) is 3.77. The molecule has 1 saturated heterocycles. The molecule has 3 rings (SSSR count). The van der Waals surface area contributed by atoms with Gasteiger partial charge < -0.3 is 10.2 Å². The summed E-state index contributed by atoms with van der Waals surface area (Å²) >= 11 is 0. The van der Waals surface area contributed by atoms with Crippen LogP contribution >= 0.6 is 0 Å². The van der Waals surface area contributed by atoms with Crippen molar-refractivity contribution in [2.75, 3.05) is 11.9 Å². The van der Waals surface area contributed by atoms with Crippen LogP contribution in [-0.4, -0.2) is 17.5 Å². The summed E-state index contributed by atoms with van der Waals surface area (Å²) in [6.07, 6.45) is 1.03. The minimum atomic E-state index is -0.0195. The minimum Gasteiger partial charge on any atom is -0.317 e. The Labute approximate surface area is 119 Å². The van der Waals surface area contributed by atoms with Crippen molar-refractivity contribution in [3.05, 3.63) is 65.7 Å². The zero-order valence-corrected chi connectivity index (χ0v) is 11.5. The minimum absolute atomic E-state index is 0.0195. The molecule has 0 aromatic heterocycles. The van der Waals surface area contributed by atoms with Gasteiger partial charge in [0.2, 0.25) is 0 Å². The number of carbonyl (C=O) groups excluding carboxylic acids is 1. The quantitative estimate of drug-likeness (QED) is 0.876. The summed E-state index contributed by atoms with van der Waals surface area (Å²) in [5.41, 5.74) is 3.24. The second kappa shape index (κ2) is 5.37. The standard InChI is InChI=1S/C17H18N2O/c1-13-7-9-15(10-8-13)18-17(20)19-12-11-16(19)14-5-3-2-4-6-14/h2-10,16H,11-12H2,1H3,(H,18,20)/t16-/m1/s1. The largest absolute Gasteiger partial charge is 0.322 e. The number of rotatable bonds is 2. The maximum atomic E-state index is 12.3. The topological polar surface area (TPSA) is 32.3 Å². The molecule has 2 aromatic carbocycles. The smallest absolute Gasteiger partial charge is 0.317 e. The van der Waals surface area contributed by atoms with Gasteiger partial charge in [0.25, 0.3) is 0 Å². The van der Waals surface area contributed by atoms with Gasteiger partial charge in [-0.1, -0.05) is 48.0 Å². The fraction of sp³-hybridized carbons (Fsp3) is 0.235. The van der Waals surface area contributed by atoms with E-state index in [0.717, 1.165) is 18.7 Å². The van der Waals surface area contributed by atoms with Gasteiger partial charge >= 0.3 is 6.03 Å². The zero-order chi connectivity index (χ0) is 13.9. The lowest BCUT2D eigenvalue weighted by Crippen LogP contribution is -2.47. The van der Waals surface area contributed by atoms with Crippen LogP contribution in [0.2, 0.25) is 0 Å². The van der Waals surface area contributed by atoms with Crippen LogP contribution in [0.5, 0.6) is 0 Å². The molecule has 1 fully saturated rings. The van der Waals surface area contributed by atoms with Crippen LogP contribution < -0.4 is 5.32 Å². The van der Waals surface area contributed by atoms with Crippen LogP contribution in [-0.2, 0) is 0 Å². The first-order valence-electron chi connectivity index (χ1n) is 6.93. The number of likely N-dealkylation sites (tertiary alicyclic amines) is 1. The van der Waals surface area contributed by atoms with E-state index in [2.05, 4.69) is 17.4 Å². The Morgan fingerprint density at radius 2 is 1.80 bits per heavy atom. The van der Waals surface area contributed by atoms with Crippen LogP contribution in [0.4, 0.5) is 10.5 Å². The highest BCUT2D eigenvalue weighted by Crippen LogP contribution is 2.33. The van der Waals surface area contributed by atoms with Crippen molar-refractivity contribution in [3.8, 4) is 0 Å². The van der Waals surface area contributed by atoms with E-state index in [0.29, 0.717) is 0 Å². The third-order valence-corrected chi connectivity index (χ3v) is 3.77. The number of hydrogen-bond donors (Lipinski definition) is 1. The second-order valence-electron chi connectivity index (χ2n) is 5.20. The summed E-state index contributed by atoms with van der Waals surface area (Å²) in [4.78, 5) is 14.2. The SMILES string of the molecule is Cc1ccc(NC(=O)N2CC[C@@H]2c2ccccc2)cc1. The third kappa shape index (κ3) is 2.52. The second-order valence-corrected chi connectivity index (χ2v) is 5.20. The van der Waals surface area contributed by atoms with Crippen molar-refractivity contribution >= 4 is 11.7 Å². The molecule has 20 heavy (non-hydrogen) atoms. The van der Waals surface area contributed by atoms with E-state index < -0.39 is 0 Å². The van der Waals surface area contributed by atoms with Crippen LogP contribution in [0, 0.1) is 6.92 Å². The van der Waals surface area contributed by atoms with E-state index in [1.165, 1.54) is 11.1 Å². The predicted molar refractivity (Wildman–Crippen MR) is 80.7 cm³/mol. The molecule has 0 unspecified atom stereocenters. The Bertz CT molecular complexity index is 592. The van der Waals surface area contributed by atoms with Crippen molar-refractivity contribution in [3.63, 3.8) is 0 Å². The number of amides is 2. The normalized spacial score (nSPS) is 17.4. The molecule has 1 N–H and O–H groups in total. The van der Waals surface area contributed by atoms with Gasteiger partial charge in [0.05, 0.1) is 6.04 Å².